The van der Waals surface area contributed by atoms with E-state index in [0.717, 1.165) is 28.2 Å². The van der Waals surface area contributed by atoms with Crippen LogP contribution in [0.1, 0.15) is 55.3 Å². The molecule has 1 aliphatic carbocycles. The number of nitrogens with zero attached hydrogens (tertiary/aromatic N) is 1. The fourth-order valence-electron chi connectivity index (χ4n) is 4.13. The summed E-state index contributed by atoms with van der Waals surface area (Å²) in [5, 5.41) is 13.6. The molecule has 3 N–H and O–H groups in total. The molecular weight excluding hydrogens is 376 g/mol. The number of Topliss-reactive ketones (excluding diaryl/α,β-unsaturated/α-hetero) is 1. The van der Waals surface area contributed by atoms with Crippen LogP contribution in [0.15, 0.2) is 41.1 Å². The van der Waals surface area contributed by atoms with Crippen LogP contribution in [0.2, 0.25) is 0 Å². The van der Waals surface area contributed by atoms with E-state index in [4.69, 9.17) is 10.3 Å². The highest BCUT2D eigenvalue weighted by molar-refractivity contribution is 7.18. The molecule has 0 fully saturated rings. The average Bonchev–Trinajstić information content (AvgIpc) is 3.25. The minimum atomic E-state index is -1.07. The largest absolute Gasteiger partial charge is 0.478 e. The molecule has 0 saturated carbocycles. The predicted octanol–water partition coefficient (Wildman–Crippen LogP) is 4.02. The molecule has 1 unspecified atom stereocenters. The van der Waals surface area contributed by atoms with Crippen molar-refractivity contribution in [2.45, 2.75) is 38.0 Å². The lowest BCUT2D eigenvalue weighted by Crippen LogP contribution is -2.40. The number of nitrogens with two attached hydrogens (primary N) is 1. The molecule has 6 nitrogen and oxygen atoms in total. The van der Waals surface area contributed by atoms with E-state index >= 15 is 0 Å². The van der Waals surface area contributed by atoms with E-state index in [1.165, 1.54) is 0 Å². The predicted molar refractivity (Wildman–Crippen MR) is 106 cm³/mol. The Bertz CT molecular complexity index is 1050. The van der Waals surface area contributed by atoms with Gasteiger partial charge in [0, 0.05) is 5.56 Å². The van der Waals surface area contributed by atoms with Gasteiger partial charge in [-0.05, 0) is 43.7 Å². The SMILES string of the molecule is Cc1nocc1CCC1(c2ccccc2)CCc2c(sc(N)c2C(=O)O)C1=O. The summed E-state index contributed by atoms with van der Waals surface area (Å²) in [6.45, 7) is 1.88. The standard InChI is InChI=1S/C21H20N2O4S/c1-12-13(11-27-23-12)7-9-21(14-5-3-2-4-6-14)10-8-15-16(20(25)26)19(22)28-17(15)18(21)24/h2-6,11H,7-10,22H2,1H3,(H,25,26). The van der Waals surface area contributed by atoms with E-state index in [1.54, 1.807) is 6.26 Å². The van der Waals surface area contributed by atoms with Crippen molar-refractivity contribution in [3.05, 3.63) is 69.4 Å². The molecule has 4 rings (SSSR count). The van der Waals surface area contributed by atoms with Crippen molar-refractivity contribution >= 4 is 28.1 Å². The quantitative estimate of drug-likeness (QED) is 0.674. The average molecular weight is 396 g/mol. The zero-order valence-electron chi connectivity index (χ0n) is 15.4. The van der Waals surface area contributed by atoms with E-state index in [-0.39, 0.29) is 16.3 Å². The Kier molecular flexibility index (Phi) is 4.55. The zero-order valence-corrected chi connectivity index (χ0v) is 16.2. The third-order valence-corrected chi connectivity index (χ3v) is 6.75. The number of nitrogen functional groups attached to an aromatic ring is 1. The highest BCUT2D eigenvalue weighted by Gasteiger charge is 2.46. The molecule has 0 spiro atoms. The summed E-state index contributed by atoms with van der Waals surface area (Å²) in [6, 6.07) is 9.72. The van der Waals surface area contributed by atoms with Crippen LogP contribution in [0.5, 0.6) is 0 Å². The summed E-state index contributed by atoms with van der Waals surface area (Å²) in [5.41, 5.74) is 8.64. The monoisotopic (exact) mass is 396 g/mol. The van der Waals surface area contributed by atoms with E-state index in [2.05, 4.69) is 5.16 Å². The van der Waals surface area contributed by atoms with Crippen molar-refractivity contribution in [1.82, 2.24) is 5.16 Å². The summed E-state index contributed by atoms with van der Waals surface area (Å²) < 4.78 is 5.04. The van der Waals surface area contributed by atoms with Crippen molar-refractivity contribution in [2.75, 3.05) is 5.73 Å². The van der Waals surface area contributed by atoms with E-state index in [9.17, 15) is 14.7 Å². The Labute approximate surface area is 166 Å². The van der Waals surface area contributed by atoms with Crippen LogP contribution in [0.4, 0.5) is 5.00 Å². The first kappa shape index (κ1) is 18.4. The van der Waals surface area contributed by atoms with E-state index in [1.807, 2.05) is 37.3 Å². The minimum Gasteiger partial charge on any atom is -0.478 e. The molecule has 1 atom stereocenters. The number of anilines is 1. The Morgan fingerprint density at radius 1 is 1.36 bits per heavy atom. The van der Waals surface area contributed by atoms with Gasteiger partial charge < -0.3 is 15.4 Å². The van der Waals surface area contributed by atoms with Crippen molar-refractivity contribution in [3.8, 4) is 0 Å². The lowest BCUT2D eigenvalue weighted by Gasteiger charge is -2.36. The molecule has 144 valence electrons. The Morgan fingerprint density at radius 3 is 2.75 bits per heavy atom. The molecule has 0 bridgehead atoms. The van der Waals surface area contributed by atoms with Crippen molar-refractivity contribution in [1.29, 1.82) is 0 Å². The molecule has 2 heterocycles. The molecular formula is C21H20N2O4S. The number of benzene rings is 1. The number of hydrogen-bond donors (Lipinski definition) is 2. The third kappa shape index (κ3) is 2.82. The van der Waals surface area contributed by atoms with Gasteiger partial charge in [-0.1, -0.05) is 35.5 Å². The molecule has 2 aromatic heterocycles. The number of aromatic nitrogens is 1. The van der Waals surface area contributed by atoms with Gasteiger partial charge in [0.1, 0.15) is 11.3 Å². The second-order valence-electron chi connectivity index (χ2n) is 7.16. The lowest BCUT2D eigenvalue weighted by molar-refractivity contribution is 0.0697. The summed E-state index contributed by atoms with van der Waals surface area (Å²) in [6.07, 6.45) is 3.92. The second-order valence-corrected chi connectivity index (χ2v) is 8.21. The number of hydrogen-bond acceptors (Lipinski definition) is 6. The minimum absolute atomic E-state index is 0.0433. The van der Waals surface area contributed by atoms with Gasteiger partial charge in [0.2, 0.25) is 0 Å². The molecule has 1 aliphatic rings. The van der Waals surface area contributed by atoms with Crippen LogP contribution >= 0.6 is 11.3 Å². The van der Waals surface area contributed by atoms with Gasteiger partial charge in [0.25, 0.3) is 0 Å². The van der Waals surface area contributed by atoms with Crippen LogP contribution in [0.3, 0.4) is 0 Å². The first-order valence-electron chi connectivity index (χ1n) is 9.08. The number of ketones is 1. The number of carbonyl (C=O) groups excluding carboxylic acids is 1. The van der Waals surface area contributed by atoms with Crippen molar-refractivity contribution in [3.63, 3.8) is 0 Å². The summed E-state index contributed by atoms with van der Waals surface area (Å²) in [5.74, 6) is -1.12. The van der Waals surface area contributed by atoms with Crippen molar-refractivity contribution in [2.24, 2.45) is 0 Å². The molecule has 1 aromatic carbocycles. The summed E-state index contributed by atoms with van der Waals surface area (Å²) in [7, 11) is 0. The van der Waals surface area contributed by atoms with Crippen molar-refractivity contribution < 1.29 is 19.2 Å². The molecule has 0 amide bonds. The maximum absolute atomic E-state index is 13.7. The highest BCUT2D eigenvalue weighted by atomic mass is 32.1. The number of aromatic carboxylic acids is 1. The Balaban J connectivity index is 1.79. The first-order chi connectivity index (χ1) is 13.4. The molecule has 7 heteroatoms. The third-order valence-electron chi connectivity index (χ3n) is 5.69. The van der Waals surface area contributed by atoms with Crippen LogP contribution < -0.4 is 5.73 Å². The van der Waals surface area contributed by atoms with Gasteiger partial charge in [-0.2, -0.15) is 0 Å². The smallest absolute Gasteiger partial charge is 0.338 e. The number of carboxylic acid groups (broad SMARTS) is 1. The maximum atomic E-state index is 13.7. The van der Waals surface area contributed by atoms with Gasteiger partial charge in [-0.15, -0.1) is 11.3 Å². The van der Waals surface area contributed by atoms with Crippen LogP contribution in [-0.4, -0.2) is 22.0 Å². The fourth-order valence-corrected chi connectivity index (χ4v) is 5.27. The fraction of sp³-hybridized carbons (Fsp3) is 0.286. The van der Waals surface area contributed by atoms with Crippen LogP contribution in [-0.2, 0) is 18.3 Å². The highest BCUT2D eigenvalue weighted by Crippen LogP contribution is 2.46. The number of rotatable bonds is 5. The van der Waals surface area contributed by atoms with Gasteiger partial charge in [0.15, 0.2) is 5.78 Å². The molecule has 0 aliphatic heterocycles. The van der Waals surface area contributed by atoms with Gasteiger partial charge in [0.05, 0.1) is 21.5 Å². The molecule has 28 heavy (non-hydrogen) atoms. The number of fused-ring (bicyclic) bond motifs is 1. The maximum Gasteiger partial charge on any atom is 0.338 e. The number of thiophene rings is 1. The topological polar surface area (TPSA) is 106 Å². The number of aryl methyl sites for hydroxylation is 2. The molecule has 0 radical (unpaired) electrons. The summed E-state index contributed by atoms with van der Waals surface area (Å²) >= 11 is 1.09. The van der Waals surface area contributed by atoms with Crippen LogP contribution in [0.25, 0.3) is 0 Å². The summed E-state index contributed by atoms with van der Waals surface area (Å²) in [4.78, 5) is 25.8. The van der Waals surface area contributed by atoms with Crippen LogP contribution in [0, 0.1) is 6.92 Å². The zero-order chi connectivity index (χ0) is 19.9. The second kappa shape index (κ2) is 6.91. The van der Waals surface area contributed by atoms with Gasteiger partial charge >= 0.3 is 5.97 Å². The lowest BCUT2D eigenvalue weighted by atomic mass is 9.65. The first-order valence-corrected chi connectivity index (χ1v) is 9.90. The molecule has 0 saturated heterocycles. The van der Waals surface area contributed by atoms with E-state index in [0.29, 0.717) is 36.1 Å². The van der Waals surface area contributed by atoms with Gasteiger partial charge in [-0.25, -0.2) is 4.79 Å². The van der Waals surface area contributed by atoms with Gasteiger partial charge in [-0.3, -0.25) is 4.79 Å². The Hall–Kier alpha value is -2.93. The Morgan fingerprint density at radius 2 is 2.11 bits per heavy atom. The van der Waals surface area contributed by atoms with E-state index < -0.39 is 11.4 Å². The normalized spacial score (nSPS) is 18.8. The molecule has 3 aromatic rings. The number of carboxylic acids is 1. The number of carbonyl (C=O) groups is 2.